The first-order chi connectivity index (χ1) is 25.3. The number of hydrogen-bond donors (Lipinski definition) is 2. The maximum atomic E-state index is 14.4. The van der Waals surface area contributed by atoms with Gasteiger partial charge in [0, 0.05) is 70.9 Å². The second-order valence-electron chi connectivity index (χ2n) is 16.3. The van der Waals surface area contributed by atoms with Gasteiger partial charge in [0.05, 0.1) is 32.8 Å². The van der Waals surface area contributed by atoms with Crippen molar-refractivity contribution in [3.8, 4) is 5.75 Å². The van der Waals surface area contributed by atoms with E-state index in [2.05, 4.69) is 83.1 Å². The lowest BCUT2D eigenvalue weighted by atomic mass is 9.56. The maximum Gasteiger partial charge on any atom is 0.319 e. The zero-order valence-corrected chi connectivity index (χ0v) is 31.4. The monoisotopic (exact) mass is 704 g/mol. The topological polar surface area (TPSA) is 99.9 Å². The Kier molecular flexibility index (Phi) is 8.12. The quantitative estimate of drug-likeness (QED) is 0.181. The lowest BCUT2D eigenvalue weighted by Crippen LogP contribution is -2.67. The third-order valence-corrected chi connectivity index (χ3v) is 14.2. The van der Waals surface area contributed by atoms with Gasteiger partial charge in [-0.1, -0.05) is 43.2 Å². The number of benzene rings is 2. The molecule has 6 heterocycles. The molecule has 6 bridgehead atoms. The van der Waals surface area contributed by atoms with Crippen LogP contribution in [0, 0.1) is 23.7 Å². The van der Waals surface area contributed by atoms with Crippen LogP contribution in [0.15, 0.2) is 48.0 Å². The molecule has 9 heteroatoms. The molecule has 0 amide bonds. The van der Waals surface area contributed by atoms with Crippen LogP contribution in [-0.4, -0.2) is 91.8 Å². The molecule has 10 rings (SSSR count). The Labute approximate surface area is 306 Å². The molecule has 2 N–H and O–H groups in total. The molecule has 2 aliphatic carbocycles. The summed E-state index contributed by atoms with van der Waals surface area (Å²) in [6, 6.07) is 13.0. The predicted molar refractivity (Wildman–Crippen MR) is 202 cm³/mol. The maximum absolute atomic E-state index is 14.4. The van der Waals surface area contributed by atoms with Crippen LogP contribution in [0.3, 0.4) is 0 Å². The summed E-state index contributed by atoms with van der Waals surface area (Å²) in [6.45, 7) is 7.16. The van der Waals surface area contributed by atoms with Crippen LogP contribution in [0.1, 0.15) is 73.5 Å². The molecule has 4 fully saturated rings. The molecule has 2 aromatic heterocycles. The Hall–Kier alpha value is -4.08. The fourth-order valence-corrected chi connectivity index (χ4v) is 12.1. The average Bonchev–Trinajstić information content (AvgIpc) is 3.70. The Balaban J connectivity index is 1.32. The minimum atomic E-state index is -0.756. The fraction of sp³-hybridized carbons (Fsp3) is 0.535. The first kappa shape index (κ1) is 33.7. The smallest absolute Gasteiger partial charge is 0.319 e. The highest BCUT2D eigenvalue weighted by molar-refractivity contribution is 5.95. The number of carbonyl (C=O) groups excluding carboxylic acids is 2. The standard InChI is InChI=1S/C43H52N4O5/c1-7-24-17-23-20-43(42(49)52-6)39-28(15-16-47(21-23)40(24)43)27-13-14-34(50-4)36(38(27)45-39)31-18-29-25(8-2)22-46(3)33(35(29)41(48)51-5)19-30-26-11-9-10-12-32(26)44-37(30)31/h8-14,23-24,29,31,33,35,40,44-45H,7,15-22H2,1-6H3/t23?,24?,29?,31-,33?,35?,40?,43?/m0/s1. The van der Waals surface area contributed by atoms with Crippen LogP contribution in [0.25, 0.3) is 21.8 Å². The van der Waals surface area contributed by atoms with Gasteiger partial charge in [-0.2, -0.15) is 0 Å². The van der Waals surface area contributed by atoms with E-state index >= 15 is 0 Å². The van der Waals surface area contributed by atoms with Crippen molar-refractivity contribution in [2.24, 2.45) is 23.7 Å². The predicted octanol–water partition coefficient (Wildman–Crippen LogP) is 6.49. The van der Waals surface area contributed by atoms with Gasteiger partial charge in [-0.05, 0) is 93.2 Å². The van der Waals surface area contributed by atoms with Gasteiger partial charge < -0.3 is 24.2 Å². The second kappa shape index (κ2) is 12.5. The number of para-hydroxylation sites is 1. The van der Waals surface area contributed by atoms with E-state index in [1.807, 2.05) is 0 Å². The number of hydrogen-bond acceptors (Lipinski definition) is 7. The number of rotatable bonds is 5. The van der Waals surface area contributed by atoms with Crippen LogP contribution < -0.4 is 4.74 Å². The number of aromatic nitrogens is 2. The number of piperidine rings is 3. The highest BCUT2D eigenvalue weighted by atomic mass is 16.5. The molecule has 3 saturated heterocycles. The molecule has 9 atom stereocenters. The molecule has 9 nitrogen and oxygen atoms in total. The summed E-state index contributed by atoms with van der Waals surface area (Å²) in [6.07, 6.45) is 7.53. The van der Waals surface area contributed by atoms with E-state index in [1.54, 1.807) is 14.2 Å². The van der Waals surface area contributed by atoms with E-state index in [9.17, 15) is 9.59 Å². The number of nitrogens with one attached hydrogen (secondary N) is 2. The van der Waals surface area contributed by atoms with Crippen molar-refractivity contribution in [1.29, 1.82) is 0 Å². The summed E-state index contributed by atoms with van der Waals surface area (Å²) in [7, 11) is 6.98. The number of aromatic amines is 2. The van der Waals surface area contributed by atoms with E-state index in [1.165, 1.54) is 41.3 Å². The zero-order valence-electron chi connectivity index (χ0n) is 31.4. The molecule has 4 aliphatic heterocycles. The molecular weight excluding hydrogens is 652 g/mol. The van der Waals surface area contributed by atoms with Gasteiger partial charge in [0.25, 0.3) is 0 Å². The number of ether oxygens (including phenoxy) is 3. The SMILES string of the molecule is CC=C1CN(C)C2Cc3c([nH]c4ccccc34)[C@H](c3c(OC)ccc4c5c([nH]c34)C3(C(=O)OC)CC4CC(CC)C3N(CC5)C4)CC1C2C(=O)OC. The first-order valence-electron chi connectivity index (χ1n) is 19.3. The molecule has 0 radical (unpaired) electrons. The van der Waals surface area contributed by atoms with Gasteiger partial charge in [0.15, 0.2) is 0 Å². The van der Waals surface area contributed by atoms with Crippen molar-refractivity contribution in [3.05, 3.63) is 76.1 Å². The Morgan fingerprint density at radius 1 is 1.02 bits per heavy atom. The largest absolute Gasteiger partial charge is 0.496 e. The summed E-state index contributed by atoms with van der Waals surface area (Å²) in [5, 5.41) is 2.35. The Bertz CT molecular complexity index is 2110. The van der Waals surface area contributed by atoms with E-state index in [4.69, 9.17) is 14.2 Å². The number of esters is 2. The Morgan fingerprint density at radius 3 is 2.60 bits per heavy atom. The van der Waals surface area contributed by atoms with Crippen LogP contribution in [0.5, 0.6) is 5.75 Å². The molecular formula is C43H52N4O5. The van der Waals surface area contributed by atoms with Gasteiger partial charge in [0.2, 0.25) is 0 Å². The number of fused-ring (bicyclic) bond motifs is 9. The van der Waals surface area contributed by atoms with Crippen LogP contribution in [-0.2, 0) is 37.3 Å². The molecule has 1 saturated carbocycles. The molecule has 2 aromatic carbocycles. The third kappa shape index (κ3) is 4.60. The molecule has 4 aromatic rings. The Morgan fingerprint density at radius 2 is 1.85 bits per heavy atom. The van der Waals surface area contributed by atoms with Gasteiger partial charge >= 0.3 is 11.9 Å². The summed E-state index contributed by atoms with van der Waals surface area (Å²) in [4.78, 5) is 41.2. The van der Waals surface area contributed by atoms with Crippen LogP contribution in [0.2, 0.25) is 0 Å². The van der Waals surface area contributed by atoms with Crippen molar-refractivity contribution < 1.29 is 23.8 Å². The summed E-state index contributed by atoms with van der Waals surface area (Å²) >= 11 is 0. The lowest BCUT2D eigenvalue weighted by Gasteiger charge is -2.57. The van der Waals surface area contributed by atoms with Gasteiger partial charge in [-0.3, -0.25) is 19.4 Å². The van der Waals surface area contributed by atoms with Gasteiger partial charge in [-0.25, -0.2) is 0 Å². The van der Waals surface area contributed by atoms with Crippen molar-refractivity contribution in [1.82, 2.24) is 19.8 Å². The van der Waals surface area contributed by atoms with Gasteiger partial charge in [0.1, 0.15) is 11.2 Å². The number of methoxy groups -OCH3 is 3. The minimum Gasteiger partial charge on any atom is -0.496 e. The first-order valence-corrected chi connectivity index (χ1v) is 19.3. The summed E-state index contributed by atoms with van der Waals surface area (Å²) in [5.41, 5.74) is 8.43. The van der Waals surface area contributed by atoms with E-state index in [0.717, 1.165) is 78.7 Å². The third-order valence-electron chi connectivity index (χ3n) is 14.2. The fourth-order valence-electron chi connectivity index (χ4n) is 12.1. The highest BCUT2D eigenvalue weighted by Gasteiger charge is 2.63. The van der Waals surface area contributed by atoms with E-state index in [0.29, 0.717) is 18.3 Å². The van der Waals surface area contributed by atoms with Gasteiger partial charge in [-0.15, -0.1) is 0 Å². The second-order valence-corrected chi connectivity index (χ2v) is 16.3. The van der Waals surface area contributed by atoms with Crippen LogP contribution >= 0.6 is 0 Å². The van der Waals surface area contributed by atoms with E-state index in [-0.39, 0.29) is 41.8 Å². The number of carbonyl (C=O) groups is 2. The zero-order chi connectivity index (χ0) is 36.1. The minimum absolute atomic E-state index is 0.00427. The van der Waals surface area contributed by atoms with Crippen LogP contribution in [0.4, 0.5) is 0 Å². The number of likely N-dealkylation sites (tertiary alicyclic amines) is 1. The number of allylic oxidation sites excluding steroid dienone is 1. The molecule has 8 unspecified atom stereocenters. The molecule has 6 aliphatic rings. The van der Waals surface area contributed by atoms with Crippen molar-refractivity contribution >= 4 is 33.7 Å². The molecule has 274 valence electrons. The summed E-state index contributed by atoms with van der Waals surface area (Å²) in [5.74, 6) is 0.960. The number of H-pyrrole nitrogens is 2. The normalized spacial score (nSPS) is 33.2. The lowest BCUT2D eigenvalue weighted by molar-refractivity contribution is -0.162. The molecule has 0 spiro atoms. The summed E-state index contributed by atoms with van der Waals surface area (Å²) < 4.78 is 17.7. The number of likely N-dealkylation sites (N-methyl/N-ethyl adjacent to an activating group) is 1. The van der Waals surface area contributed by atoms with Crippen molar-refractivity contribution in [3.63, 3.8) is 0 Å². The van der Waals surface area contributed by atoms with E-state index < -0.39 is 5.41 Å². The van der Waals surface area contributed by atoms with Crippen molar-refractivity contribution in [2.75, 3.05) is 48.0 Å². The van der Waals surface area contributed by atoms with Crippen molar-refractivity contribution in [2.45, 2.75) is 75.8 Å². The average molecular weight is 705 g/mol. The highest BCUT2D eigenvalue weighted by Crippen LogP contribution is 2.57. The molecule has 52 heavy (non-hydrogen) atoms. The number of nitrogens with zero attached hydrogens (tertiary/aromatic N) is 2.